The van der Waals surface area contributed by atoms with E-state index in [-0.39, 0.29) is 0 Å². The summed E-state index contributed by atoms with van der Waals surface area (Å²) in [5, 5.41) is 3.72. The van der Waals surface area contributed by atoms with Gasteiger partial charge in [0.1, 0.15) is 0 Å². The van der Waals surface area contributed by atoms with Crippen LogP contribution in [0.25, 0.3) is 0 Å². The second-order valence-corrected chi connectivity index (χ2v) is 6.19. The summed E-state index contributed by atoms with van der Waals surface area (Å²) in [5.74, 6) is 0.599. The van der Waals surface area contributed by atoms with Crippen LogP contribution in [-0.4, -0.2) is 19.8 Å². The van der Waals surface area contributed by atoms with Crippen molar-refractivity contribution >= 4 is 0 Å². The summed E-state index contributed by atoms with van der Waals surface area (Å²) in [6, 6.07) is 2.74. The van der Waals surface area contributed by atoms with Gasteiger partial charge in [0.25, 0.3) is 0 Å². The maximum absolute atomic E-state index is 5.73. The number of aryl methyl sites for hydroxylation is 2. The van der Waals surface area contributed by atoms with Gasteiger partial charge in [-0.2, -0.15) is 0 Å². The molecule has 0 aromatic heterocycles. The van der Waals surface area contributed by atoms with Gasteiger partial charge in [-0.25, -0.2) is 0 Å². The highest BCUT2D eigenvalue weighted by Gasteiger charge is 2.28. The highest BCUT2D eigenvalue weighted by atomic mass is 16.5. The van der Waals surface area contributed by atoms with Gasteiger partial charge in [0.05, 0.1) is 6.61 Å². The predicted molar refractivity (Wildman–Crippen MR) is 85.4 cm³/mol. The molecule has 2 nitrogen and oxygen atoms in total. The average Bonchev–Trinajstić information content (AvgIpc) is 2.45. The molecule has 0 amide bonds. The van der Waals surface area contributed by atoms with Gasteiger partial charge < -0.3 is 10.1 Å². The van der Waals surface area contributed by atoms with Gasteiger partial charge >= 0.3 is 0 Å². The first kappa shape index (κ1) is 15.5. The molecule has 0 saturated carbocycles. The lowest BCUT2D eigenvalue weighted by molar-refractivity contribution is 0.0391. The molecule has 1 heterocycles. The fourth-order valence-corrected chi connectivity index (χ4v) is 3.47. The fourth-order valence-electron chi connectivity index (χ4n) is 3.47. The molecule has 0 bridgehead atoms. The molecule has 1 aromatic carbocycles. The first-order valence-corrected chi connectivity index (χ1v) is 7.94. The number of benzene rings is 1. The SMILES string of the molecule is CCNC(c1c(C)c(C)cc(C)c1C)C1CCCOC1. The quantitative estimate of drug-likeness (QED) is 0.897. The van der Waals surface area contributed by atoms with E-state index >= 15 is 0 Å². The molecule has 0 aliphatic carbocycles. The topological polar surface area (TPSA) is 21.3 Å². The molecule has 0 radical (unpaired) electrons. The first-order valence-electron chi connectivity index (χ1n) is 7.94. The molecule has 2 rings (SSSR count). The minimum absolute atomic E-state index is 0.430. The van der Waals surface area contributed by atoms with Crippen LogP contribution in [0.3, 0.4) is 0 Å². The van der Waals surface area contributed by atoms with Crippen molar-refractivity contribution in [2.45, 2.75) is 53.5 Å². The lowest BCUT2D eigenvalue weighted by Gasteiger charge is -2.34. The Morgan fingerprint density at radius 1 is 1.20 bits per heavy atom. The van der Waals surface area contributed by atoms with Crippen LogP contribution in [0.1, 0.15) is 53.6 Å². The first-order chi connectivity index (χ1) is 9.56. The summed E-state index contributed by atoms with van der Waals surface area (Å²) in [6.45, 7) is 14.0. The van der Waals surface area contributed by atoms with Gasteiger partial charge in [-0.3, -0.25) is 0 Å². The fraction of sp³-hybridized carbons (Fsp3) is 0.667. The van der Waals surface area contributed by atoms with Crippen LogP contribution in [0.15, 0.2) is 6.07 Å². The monoisotopic (exact) mass is 275 g/mol. The summed E-state index contributed by atoms with van der Waals surface area (Å²) in [4.78, 5) is 0. The van der Waals surface area contributed by atoms with Crippen LogP contribution in [0.5, 0.6) is 0 Å². The second-order valence-electron chi connectivity index (χ2n) is 6.19. The number of rotatable bonds is 4. The van der Waals surface area contributed by atoms with E-state index in [0.29, 0.717) is 12.0 Å². The van der Waals surface area contributed by atoms with Crippen LogP contribution >= 0.6 is 0 Å². The number of ether oxygens (including phenoxy) is 1. The zero-order valence-corrected chi connectivity index (χ0v) is 13.7. The van der Waals surface area contributed by atoms with Crippen molar-refractivity contribution in [1.29, 1.82) is 0 Å². The maximum Gasteiger partial charge on any atom is 0.0512 e. The van der Waals surface area contributed by atoms with Crippen LogP contribution in [0.4, 0.5) is 0 Å². The van der Waals surface area contributed by atoms with Gasteiger partial charge in [-0.05, 0) is 74.9 Å². The summed E-state index contributed by atoms with van der Waals surface area (Å²) < 4.78 is 5.73. The Morgan fingerprint density at radius 3 is 2.35 bits per heavy atom. The molecule has 2 unspecified atom stereocenters. The van der Waals surface area contributed by atoms with E-state index in [9.17, 15) is 0 Å². The standard InChI is InChI=1S/C18H29NO/c1-6-19-18(16-8-7-9-20-11-16)17-14(4)12(2)10-13(3)15(17)5/h10,16,18-19H,6-9,11H2,1-5H3. The molecule has 0 spiro atoms. The molecular weight excluding hydrogens is 246 g/mol. The van der Waals surface area contributed by atoms with E-state index in [1.165, 1.54) is 40.7 Å². The van der Waals surface area contributed by atoms with E-state index in [1.54, 1.807) is 0 Å². The van der Waals surface area contributed by atoms with Crippen LogP contribution in [0, 0.1) is 33.6 Å². The average molecular weight is 275 g/mol. The highest BCUT2D eigenvalue weighted by Crippen LogP contribution is 2.35. The predicted octanol–water partition coefficient (Wildman–Crippen LogP) is 4.00. The van der Waals surface area contributed by atoms with Crippen LogP contribution < -0.4 is 5.32 Å². The van der Waals surface area contributed by atoms with E-state index in [2.05, 4.69) is 46.0 Å². The summed E-state index contributed by atoms with van der Waals surface area (Å²) >= 11 is 0. The zero-order valence-electron chi connectivity index (χ0n) is 13.7. The lowest BCUT2D eigenvalue weighted by Crippen LogP contribution is -2.34. The van der Waals surface area contributed by atoms with Crippen LogP contribution in [-0.2, 0) is 4.74 Å². The second kappa shape index (κ2) is 6.73. The summed E-state index contributed by atoms with van der Waals surface area (Å²) in [5.41, 5.74) is 7.22. The van der Waals surface area contributed by atoms with Crippen molar-refractivity contribution in [2.75, 3.05) is 19.8 Å². The molecule has 1 saturated heterocycles. The molecule has 20 heavy (non-hydrogen) atoms. The zero-order chi connectivity index (χ0) is 14.7. The van der Waals surface area contributed by atoms with E-state index < -0.39 is 0 Å². The Hall–Kier alpha value is -0.860. The Balaban J connectivity index is 2.42. The molecule has 1 fully saturated rings. The van der Waals surface area contributed by atoms with Crippen molar-refractivity contribution in [3.8, 4) is 0 Å². The largest absolute Gasteiger partial charge is 0.381 e. The van der Waals surface area contributed by atoms with Crippen molar-refractivity contribution in [3.05, 3.63) is 33.9 Å². The molecule has 1 aliphatic rings. The molecule has 1 aromatic rings. The Labute approximate surface area is 123 Å². The third-order valence-corrected chi connectivity index (χ3v) is 4.83. The molecule has 2 atom stereocenters. The van der Waals surface area contributed by atoms with Crippen molar-refractivity contribution in [1.82, 2.24) is 5.32 Å². The Morgan fingerprint density at radius 2 is 1.85 bits per heavy atom. The minimum atomic E-state index is 0.430. The molecule has 2 heteroatoms. The Kier molecular flexibility index (Phi) is 5.22. The van der Waals surface area contributed by atoms with E-state index in [0.717, 1.165) is 19.8 Å². The summed E-state index contributed by atoms with van der Waals surface area (Å²) in [6.07, 6.45) is 2.46. The minimum Gasteiger partial charge on any atom is -0.381 e. The number of nitrogens with one attached hydrogen (secondary N) is 1. The maximum atomic E-state index is 5.73. The molecule has 1 N–H and O–H groups in total. The molecule has 1 aliphatic heterocycles. The molecule has 112 valence electrons. The van der Waals surface area contributed by atoms with Crippen molar-refractivity contribution in [3.63, 3.8) is 0 Å². The van der Waals surface area contributed by atoms with Gasteiger partial charge in [0.2, 0.25) is 0 Å². The van der Waals surface area contributed by atoms with Crippen LogP contribution in [0.2, 0.25) is 0 Å². The number of hydrogen-bond acceptors (Lipinski definition) is 2. The third kappa shape index (κ3) is 3.07. The van der Waals surface area contributed by atoms with Gasteiger partial charge in [-0.15, -0.1) is 0 Å². The van der Waals surface area contributed by atoms with Gasteiger partial charge in [0, 0.05) is 18.6 Å². The number of hydrogen-bond donors (Lipinski definition) is 1. The molecular formula is C18H29NO. The van der Waals surface area contributed by atoms with E-state index in [1.807, 2.05) is 0 Å². The third-order valence-electron chi connectivity index (χ3n) is 4.83. The Bertz CT molecular complexity index is 435. The highest BCUT2D eigenvalue weighted by molar-refractivity contribution is 5.46. The normalized spacial score (nSPS) is 20.9. The van der Waals surface area contributed by atoms with E-state index in [4.69, 9.17) is 4.74 Å². The summed E-state index contributed by atoms with van der Waals surface area (Å²) in [7, 11) is 0. The van der Waals surface area contributed by atoms with Crippen molar-refractivity contribution < 1.29 is 4.74 Å². The van der Waals surface area contributed by atoms with Crippen molar-refractivity contribution in [2.24, 2.45) is 5.92 Å². The van der Waals surface area contributed by atoms with Gasteiger partial charge in [-0.1, -0.05) is 13.0 Å². The smallest absolute Gasteiger partial charge is 0.0512 e. The van der Waals surface area contributed by atoms with Gasteiger partial charge in [0.15, 0.2) is 0 Å². The lowest BCUT2D eigenvalue weighted by atomic mass is 9.82.